The molecule has 5 heteroatoms. The van der Waals surface area contributed by atoms with E-state index in [0.29, 0.717) is 0 Å². The fraction of sp³-hybridized carbons (Fsp3) is 0.259. The Morgan fingerprint density at radius 2 is 1.41 bits per heavy atom. The van der Waals surface area contributed by atoms with Crippen LogP contribution in [0.5, 0.6) is 0 Å². The minimum absolute atomic E-state index is 0.0185. The Labute approximate surface area is 189 Å². The summed E-state index contributed by atoms with van der Waals surface area (Å²) < 4.78 is 0. The maximum absolute atomic E-state index is 14.0. The highest BCUT2D eigenvalue weighted by Gasteiger charge is 2.42. The number of nitrogens with zero attached hydrogens (tertiary/aromatic N) is 3. The monoisotopic (exact) mass is 427 g/mol. The van der Waals surface area contributed by atoms with E-state index in [0.717, 1.165) is 39.3 Å². The minimum Gasteiger partial charge on any atom is -0.378 e. The molecule has 0 radical (unpaired) electrons. The maximum atomic E-state index is 14.0. The summed E-state index contributed by atoms with van der Waals surface area (Å²) in [7, 11) is 3.96. The molecule has 1 saturated heterocycles. The van der Waals surface area contributed by atoms with Crippen molar-refractivity contribution in [2.24, 2.45) is 0 Å². The molecule has 0 saturated carbocycles. The van der Waals surface area contributed by atoms with Gasteiger partial charge in [0.15, 0.2) is 0 Å². The number of hydrogen-bond donors (Lipinski definition) is 0. The lowest BCUT2D eigenvalue weighted by Crippen LogP contribution is -2.56. The number of rotatable bonds is 4. The minimum atomic E-state index is -0.728. The Balaban J connectivity index is 1.84. The lowest BCUT2D eigenvalue weighted by molar-refractivity contribution is -0.128. The molecule has 3 aromatic carbocycles. The third-order valence-electron chi connectivity index (χ3n) is 6.07. The van der Waals surface area contributed by atoms with E-state index >= 15 is 0 Å². The van der Waals surface area contributed by atoms with Gasteiger partial charge in [-0.2, -0.15) is 0 Å². The molecule has 0 aromatic heterocycles. The molecule has 0 spiro atoms. The first-order valence-corrected chi connectivity index (χ1v) is 10.8. The van der Waals surface area contributed by atoms with Crippen molar-refractivity contribution < 1.29 is 9.59 Å². The van der Waals surface area contributed by atoms with E-state index in [9.17, 15) is 9.59 Å². The van der Waals surface area contributed by atoms with Crippen molar-refractivity contribution in [3.05, 3.63) is 89.0 Å². The molecule has 0 N–H and O–H groups in total. The van der Waals surface area contributed by atoms with Crippen LogP contribution in [-0.4, -0.2) is 32.5 Å². The fourth-order valence-electron chi connectivity index (χ4n) is 4.36. The second-order valence-electron chi connectivity index (χ2n) is 8.65. The Kier molecular flexibility index (Phi) is 5.74. The van der Waals surface area contributed by atoms with Crippen LogP contribution < -0.4 is 14.7 Å². The van der Waals surface area contributed by atoms with Crippen LogP contribution in [-0.2, 0) is 9.59 Å². The quantitative estimate of drug-likeness (QED) is 0.601. The highest BCUT2D eigenvalue weighted by molar-refractivity contribution is 6.15. The number of benzene rings is 3. The number of carbonyl (C=O) groups excluding carboxylic acids is 2. The number of anilines is 3. The number of amides is 2. The van der Waals surface area contributed by atoms with Crippen molar-refractivity contribution in [3.63, 3.8) is 0 Å². The zero-order valence-corrected chi connectivity index (χ0v) is 19.3. The molecule has 3 aromatic rings. The molecule has 164 valence electrons. The Bertz CT molecular complexity index is 1130. The highest BCUT2D eigenvalue weighted by atomic mass is 16.2. The van der Waals surface area contributed by atoms with Crippen LogP contribution in [0.25, 0.3) is 0 Å². The lowest BCUT2D eigenvalue weighted by atomic mass is 9.97. The third kappa shape index (κ3) is 3.86. The standard InChI is InChI=1S/C27H29N3O2/c1-18-9-13-23(14-10-18)30-24(31)17-29(25-19(2)7-6-8-20(25)3)27(32)26(30)21-11-15-22(16-12-21)28(4)5/h6-16,26H,17H2,1-5H3/t26-/m1/s1. The first-order chi connectivity index (χ1) is 15.3. The number of piperazine rings is 1. The van der Waals surface area contributed by atoms with Gasteiger partial charge in [-0.15, -0.1) is 0 Å². The number of para-hydroxylation sites is 1. The van der Waals surface area contributed by atoms with Gasteiger partial charge in [-0.05, 0) is 61.7 Å². The van der Waals surface area contributed by atoms with E-state index in [4.69, 9.17) is 0 Å². The van der Waals surface area contributed by atoms with E-state index in [-0.39, 0.29) is 18.4 Å². The molecule has 1 aliphatic rings. The van der Waals surface area contributed by atoms with Crippen LogP contribution in [0.3, 0.4) is 0 Å². The lowest BCUT2D eigenvalue weighted by Gasteiger charge is -2.41. The van der Waals surface area contributed by atoms with Crippen LogP contribution in [0.1, 0.15) is 28.3 Å². The SMILES string of the molecule is Cc1ccc(N2C(=O)CN(c3c(C)cccc3C)C(=O)[C@H]2c2ccc(N(C)C)cc2)cc1. The van der Waals surface area contributed by atoms with Crippen LogP contribution in [0.4, 0.5) is 17.1 Å². The predicted octanol–water partition coefficient (Wildman–Crippen LogP) is 4.80. The summed E-state index contributed by atoms with van der Waals surface area (Å²) in [6, 6.07) is 20.8. The number of carbonyl (C=O) groups is 2. The smallest absolute Gasteiger partial charge is 0.255 e. The largest absolute Gasteiger partial charge is 0.378 e. The molecule has 1 atom stereocenters. The number of aryl methyl sites for hydroxylation is 3. The first-order valence-electron chi connectivity index (χ1n) is 10.8. The fourth-order valence-corrected chi connectivity index (χ4v) is 4.36. The molecular formula is C27H29N3O2. The topological polar surface area (TPSA) is 43.9 Å². The van der Waals surface area contributed by atoms with E-state index in [2.05, 4.69) is 0 Å². The summed E-state index contributed by atoms with van der Waals surface area (Å²) in [4.78, 5) is 32.8. The van der Waals surface area contributed by atoms with Crippen molar-refractivity contribution >= 4 is 28.9 Å². The van der Waals surface area contributed by atoms with Gasteiger partial charge in [0.1, 0.15) is 12.6 Å². The summed E-state index contributed by atoms with van der Waals surface area (Å²) in [5, 5.41) is 0. The van der Waals surface area contributed by atoms with E-state index in [1.165, 1.54) is 0 Å². The van der Waals surface area contributed by atoms with Gasteiger partial charge >= 0.3 is 0 Å². The van der Waals surface area contributed by atoms with Crippen LogP contribution in [0.2, 0.25) is 0 Å². The molecule has 2 amide bonds. The van der Waals surface area contributed by atoms with Gasteiger partial charge < -0.3 is 9.80 Å². The summed E-state index contributed by atoms with van der Waals surface area (Å²) in [5.74, 6) is -0.196. The van der Waals surface area contributed by atoms with Crippen molar-refractivity contribution in [2.45, 2.75) is 26.8 Å². The zero-order chi connectivity index (χ0) is 23.0. The Morgan fingerprint density at radius 1 is 0.812 bits per heavy atom. The zero-order valence-electron chi connectivity index (χ0n) is 19.3. The highest BCUT2D eigenvalue weighted by Crippen LogP contribution is 2.37. The normalized spacial score (nSPS) is 16.5. The van der Waals surface area contributed by atoms with E-state index in [1.807, 2.05) is 106 Å². The Hall–Kier alpha value is -3.60. The van der Waals surface area contributed by atoms with Crippen molar-refractivity contribution in [2.75, 3.05) is 35.3 Å². The average molecular weight is 428 g/mol. The second kappa shape index (κ2) is 8.50. The molecule has 0 unspecified atom stereocenters. The summed E-state index contributed by atoms with van der Waals surface area (Å²) >= 11 is 0. The van der Waals surface area contributed by atoms with Gasteiger partial charge in [0.05, 0.1) is 5.69 Å². The summed E-state index contributed by atoms with van der Waals surface area (Å²) in [6.45, 7) is 5.98. The third-order valence-corrected chi connectivity index (χ3v) is 6.07. The van der Waals surface area contributed by atoms with Crippen LogP contribution >= 0.6 is 0 Å². The van der Waals surface area contributed by atoms with E-state index in [1.54, 1.807) is 9.80 Å². The van der Waals surface area contributed by atoms with Gasteiger partial charge in [0.25, 0.3) is 5.91 Å². The Morgan fingerprint density at radius 3 is 1.97 bits per heavy atom. The predicted molar refractivity (Wildman–Crippen MR) is 130 cm³/mol. The molecule has 0 bridgehead atoms. The molecule has 4 rings (SSSR count). The summed E-state index contributed by atoms with van der Waals surface area (Å²) in [5.41, 5.74) is 6.46. The first kappa shape index (κ1) is 21.6. The van der Waals surface area contributed by atoms with Gasteiger partial charge in [-0.25, -0.2) is 0 Å². The summed E-state index contributed by atoms with van der Waals surface area (Å²) in [6.07, 6.45) is 0. The average Bonchev–Trinajstić information content (AvgIpc) is 2.76. The second-order valence-corrected chi connectivity index (χ2v) is 8.65. The molecule has 1 aliphatic heterocycles. The maximum Gasteiger partial charge on any atom is 0.255 e. The van der Waals surface area contributed by atoms with Gasteiger partial charge in [0.2, 0.25) is 5.91 Å². The van der Waals surface area contributed by atoms with E-state index < -0.39 is 6.04 Å². The molecular weight excluding hydrogens is 398 g/mol. The van der Waals surface area contributed by atoms with Crippen molar-refractivity contribution in [1.29, 1.82) is 0 Å². The van der Waals surface area contributed by atoms with Gasteiger partial charge in [-0.3, -0.25) is 14.5 Å². The van der Waals surface area contributed by atoms with Gasteiger partial charge in [-0.1, -0.05) is 48.0 Å². The molecule has 5 nitrogen and oxygen atoms in total. The molecule has 1 fully saturated rings. The van der Waals surface area contributed by atoms with Crippen molar-refractivity contribution in [3.8, 4) is 0 Å². The van der Waals surface area contributed by atoms with Gasteiger partial charge in [0, 0.05) is 25.5 Å². The van der Waals surface area contributed by atoms with Crippen LogP contribution in [0, 0.1) is 20.8 Å². The molecule has 32 heavy (non-hydrogen) atoms. The van der Waals surface area contributed by atoms with Crippen LogP contribution in [0.15, 0.2) is 66.7 Å². The molecule has 1 heterocycles. The number of hydrogen-bond acceptors (Lipinski definition) is 3. The van der Waals surface area contributed by atoms with Crippen molar-refractivity contribution in [1.82, 2.24) is 0 Å². The molecule has 0 aliphatic carbocycles.